The molecule has 45 heavy (non-hydrogen) atoms. The van der Waals surface area contributed by atoms with Crippen molar-refractivity contribution >= 4 is 5.97 Å². The van der Waals surface area contributed by atoms with Crippen LogP contribution in [0.25, 0.3) is 0 Å². The fourth-order valence-corrected chi connectivity index (χ4v) is 7.41. The highest BCUT2D eigenvalue weighted by Gasteiger charge is 2.56. The molecular weight excluding hydrogens is 592 g/mol. The fraction of sp³-hybridized carbons (Fsp3) is 0.594. The lowest BCUT2D eigenvalue weighted by Crippen LogP contribution is -2.64. The van der Waals surface area contributed by atoms with Crippen molar-refractivity contribution < 1.29 is 61.6 Å². The summed E-state index contributed by atoms with van der Waals surface area (Å²) in [6.45, 7) is 2.37. The molecule has 3 saturated heterocycles. The molecule has 1 aliphatic carbocycles. The van der Waals surface area contributed by atoms with Gasteiger partial charge in [-0.15, -0.1) is 0 Å². The molecule has 5 aliphatic rings. The molecule has 13 nitrogen and oxygen atoms in total. The van der Waals surface area contributed by atoms with Crippen LogP contribution in [-0.2, 0) is 38.0 Å². The Morgan fingerprint density at radius 2 is 1.47 bits per heavy atom. The number of carbonyl (C=O) groups excluding carboxylic acids is 1. The molecule has 0 radical (unpaired) electrons. The average molecular weight is 631 g/mol. The van der Waals surface area contributed by atoms with E-state index in [1.165, 1.54) is 0 Å². The molecule has 0 spiro atoms. The molecule has 0 N–H and O–H groups in total. The highest BCUT2D eigenvalue weighted by Crippen LogP contribution is 2.57. The van der Waals surface area contributed by atoms with Crippen molar-refractivity contribution in [2.45, 2.75) is 55.9 Å². The minimum Gasteiger partial charge on any atom is -0.493 e. The second kappa shape index (κ2) is 12.1. The second-order valence-corrected chi connectivity index (χ2v) is 11.6. The summed E-state index contributed by atoms with van der Waals surface area (Å²) in [6.07, 6.45) is -3.91. The monoisotopic (exact) mass is 630 g/mol. The normalized spacial score (nSPS) is 34.8. The Morgan fingerprint density at radius 1 is 0.778 bits per heavy atom. The summed E-state index contributed by atoms with van der Waals surface area (Å²) >= 11 is 0. The van der Waals surface area contributed by atoms with Crippen LogP contribution >= 0.6 is 0 Å². The highest BCUT2D eigenvalue weighted by atomic mass is 16.8. The maximum atomic E-state index is 13.6. The van der Waals surface area contributed by atoms with E-state index < -0.39 is 54.9 Å². The van der Waals surface area contributed by atoms with Crippen LogP contribution in [0.15, 0.2) is 24.3 Å². The summed E-state index contributed by atoms with van der Waals surface area (Å²) in [5.41, 5.74) is 2.42. The number of hydrogen-bond donors (Lipinski definition) is 0. The standard InChI is InChI=1S/C32H38O13/c1-14-39-12-23-28(43-14)29(37-5)30(38-6)32(44-23)45-26-17-10-20-19(41-13-42-20)9-16(17)24(25-18(26)11-40-31(25)33)15-7-21(34-2)27(36-4)22(8-15)35-3/h7-10,14,18,23-26,28-30,32H,11-13H2,1-6H3/t14-,18+,23-,24-,25+,26-,28-,29+,30-,32?/m1/s1. The molecule has 2 aromatic rings. The Kier molecular flexibility index (Phi) is 8.17. The number of benzene rings is 2. The fourth-order valence-electron chi connectivity index (χ4n) is 7.41. The van der Waals surface area contributed by atoms with Gasteiger partial charge in [0.25, 0.3) is 0 Å². The molecule has 2 aromatic carbocycles. The van der Waals surface area contributed by atoms with Gasteiger partial charge >= 0.3 is 5.97 Å². The number of esters is 1. The lowest BCUT2D eigenvalue weighted by molar-refractivity contribution is -0.369. The van der Waals surface area contributed by atoms with E-state index in [9.17, 15) is 4.79 Å². The third-order valence-electron chi connectivity index (χ3n) is 9.43. The maximum Gasteiger partial charge on any atom is 0.310 e. The molecule has 4 heterocycles. The summed E-state index contributed by atoms with van der Waals surface area (Å²) in [4.78, 5) is 13.6. The van der Waals surface area contributed by atoms with Crippen molar-refractivity contribution in [2.24, 2.45) is 11.8 Å². The van der Waals surface area contributed by atoms with Gasteiger partial charge in [0.2, 0.25) is 12.5 Å². The van der Waals surface area contributed by atoms with Gasteiger partial charge in [0, 0.05) is 26.1 Å². The van der Waals surface area contributed by atoms with Gasteiger partial charge in [-0.05, 0) is 47.9 Å². The van der Waals surface area contributed by atoms with E-state index in [1.54, 1.807) is 35.5 Å². The molecular formula is C32H38O13. The molecule has 10 atom stereocenters. The highest BCUT2D eigenvalue weighted by molar-refractivity contribution is 5.79. The molecule has 0 aromatic heterocycles. The first-order valence-corrected chi connectivity index (χ1v) is 14.9. The number of cyclic esters (lactones) is 1. The summed E-state index contributed by atoms with van der Waals surface area (Å²) in [5, 5.41) is 0. The Hall–Kier alpha value is -3.33. The van der Waals surface area contributed by atoms with Crippen LogP contribution in [-0.4, -0.2) is 98.5 Å². The number of methoxy groups -OCH3 is 5. The molecule has 4 aliphatic heterocycles. The molecule has 0 amide bonds. The van der Waals surface area contributed by atoms with Gasteiger partial charge in [0.15, 0.2) is 35.6 Å². The topological polar surface area (TPSA) is 128 Å². The zero-order chi connectivity index (χ0) is 31.4. The van der Waals surface area contributed by atoms with Crippen LogP contribution in [0.2, 0.25) is 0 Å². The van der Waals surface area contributed by atoms with Crippen molar-refractivity contribution in [3.8, 4) is 28.7 Å². The largest absolute Gasteiger partial charge is 0.493 e. The van der Waals surface area contributed by atoms with Gasteiger partial charge < -0.3 is 56.8 Å². The smallest absolute Gasteiger partial charge is 0.310 e. The van der Waals surface area contributed by atoms with Gasteiger partial charge in [-0.1, -0.05) is 0 Å². The zero-order valence-electron chi connectivity index (χ0n) is 26.0. The molecule has 1 unspecified atom stereocenters. The Bertz CT molecular complexity index is 1410. The number of hydrogen-bond acceptors (Lipinski definition) is 13. The van der Waals surface area contributed by atoms with Gasteiger partial charge in [-0.2, -0.15) is 0 Å². The number of rotatable bonds is 8. The predicted molar refractivity (Wildman–Crippen MR) is 153 cm³/mol. The first kappa shape index (κ1) is 30.3. The minimum absolute atomic E-state index is 0.0853. The Labute approximate surface area is 260 Å². The van der Waals surface area contributed by atoms with Crippen molar-refractivity contribution in [1.29, 1.82) is 0 Å². The van der Waals surface area contributed by atoms with E-state index >= 15 is 0 Å². The first-order valence-electron chi connectivity index (χ1n) is 14.9. The van der Waals surface area contributed by atoms with Crippen molar-refractivity contribution in [2.75, 3.05) is 55.6 Å². The maximum absolute atomic E-state index is 13.6. The van der Waals surface area contributed by atoms with Crippen LogP contribution in [0.1, 0.15) is 35.6 Å². The Morgan fingerprint density at radius 3 is 2.11 bits per heavy atom. The Balaban J connectivity index is 1.33. The van der Waals surface area contributed by atoms with Crippen LogP contribution in [0, 0.1) is 11.8 Å². The van der Waals surface area contributed by atoms with Gasteiger partial charge in [0.05, 0.1) is 46.6 Å². The summed E-state index contributed by atoms with van der Waals surface area (Å²) in [5.74, 6) is 0.783. The van der Waals surface area contributed by atoms with Crippen molar-refractivity contribution in [3.63, 3.8) is 0 Å². The third kappa shape index (κ3) is 4.97. The van der Waals surface area contributed by atoms with E-state index in [2.05, 4.69) is 0 Å². The van der Waals surface area contributed by atoms with Crippen LogP contribution in [0.4, 0.5) is 0 Å². The lowest BCUT2D eigenvalue weighted by Gasteiger charge is -2.49. The van der Waals surface area contributed by atoms with E-state index in [1.807, 2.05) is 31.2 Å². The molecule has 3 fully saturated rings. The van der Waals surface area contributed by atoms with E-state index in [4.69, 9.17) is 56.8 Å². The van der Waals surface area contributed by atoms with E-state index in [0.29, 0.717) is 35.4 Å². The summed E-state index contributed by atoms with van der Waals surface area (Å²) < 4.78 is 71.1. The van der Waals surface area contributed by atoms with Gasteiger partial charge in [-0.25, -0.2) is 0 Å². The summed E-state index contributed by atoms with van der Waals surface area (Å²) in [7, 11) is 7.85. The minimum atomic E-state index is -0.876. The van der Waals surface area contributed by atoms with Crippen molar-refractivity contribution in [1.82, 2.24) is 0 Å². The van der Waals surface area contributed by atoms with Crippen LogP contribution in [0.3, 0.4) is 0 Å². The zero-order valence-corrected chi connectivity index (χ0v) is 26.0. The lowest BCUT2D eigenvalue weighted by atomic mass is 9.66. The van der Waals surface area contributed by atoms with E-state index in [0.717, 1.165) is 16.7 Å². The van der Waals surface area contributed by atoms with E-state index in [-0.39, 0.29) is 25.3 Å². The SMILES string of the molecule is COc1cc([C@@H]2c3cc4c(cc3[C@@H](OC3O[C@@H]5CO[C@@H](C)O[C@H]5[C@H](OC)[C@H]3OC)[C@H]3COC(=O)[C@H]23)OCO4)cc(OC)c1OC. The van der Waals surface area contributed by atoms with Crippen molar-refractivity contribution in [3.05, 3.63) is 41.0 Å². The van der Waals surface area contributed by atoms with Crippen LogP contribution < -0.4 is 23.7 Å². The first-order chi connectivity index (χ1) is 21.9. The third-order valence-corrected chi connectivity index (χ3v) is 9.43. The average Bonchev–Trinajstić information content (AvgIpc) is 3.68. The number of fused-ring (bicyclic) bond motifs is 4. The molecule has 0 saturated carbocycles. The predicted octanol–water partition coefficient (Wildman–Crippen LogP) is 2.95. The van der Waals surface area contributed by atoms with Crippen LogP contribution in [0.5, 0.6) is 28.7 Å². The quantitative estimate of drug-likeness (QED) is 0.397. The number of ether oxygens (including phenoxy) is 12. The van der Waals surface area contributed by atoms with Gasteiger partial charge in [0.1, 0.15) is 24.4 Å². The second-order valence-electron chi connectivity index (χ2n) is 11.6. The molecule has 0 bridgehead atoms. The molecule has 13 heteroatoms. The number of carbonyl (C=O) groups is 1. The van der Waals surface area contributed by atoms with Gasteiger partial charge in [-0.3, -0.25) is 4.79 Å². The summed E-state index contributed by atoms with van der Waals surface area (Å²) in [6, 6.07) is 7.56. The molecule has 244 valence electrons. The molecule has 7 rings (SSSR count).